The summed E-state index contributed by atoms with van der Waals surface area (Å²) < 4.78 is 24.0. The molecule has 0 atom stereocenters. The van der Waals surface area contributed by atoms with E-state index < -0.39 is 5.82 Å². The Labute approximate surface area is 126 Å². The Morgan fingerprint density at radius 3 is 2.91 bits per heavy atom. The number of rotatable bonds is 4. The van der Waals surface area contributed by atoms with E-state index in [-0.39, 0.29) is 18.3 Å². The molecule has 6 nitrogen and oxygen atoms in total. The molecule has 0 aliphatic carbocycles. The first kappa shape index (κ1) is 14.5. The van der Waals surface area contributed by atoms with Gasteiger partial charge in [-0.1, -0.05) is 12.1 Å². The van der Waals surface area contributed by atoms with Crippen molar-refractivity contribution in [1.82, 2.24) is 15.1 Å². The van der Waals surface area contributed by atoms with E-state index in [1.807, 2.05) is 0 Å². The van der Waals surface area contributed by atoms with Crippen LogP contribution in [0.4, 0.5) is 4.39 Å². The molecule has 1 saturated heterocycles. The van der Waals surface area contributed by atoms with E-state index in [0.717, 1.165) is 0 Å². The Hall–Kier alpha value is -2.41. The molecule has 0 bridgehead atoms. The van der Waals surface area contributed by atoms with E-state index in [1.165, 1.54) is 6.07 Å². The van der Waals surface area contributed by atoms with Gasteiger partial charge < -0.3 is 14.4 Å². The number of benzene rings is 1. The molecule has 0 spiro atoms. The standard InChI is InChI=1S/C15H16FN3O3/c16-12-3-1-2-4-14(12)22-10-11-9-13(18-17-11)15(20)19-5-7-21-8-6-19/h1-4,9H,5-8,10H2,(H,17,18). The molecule has 0 saturated carbocycles. The number of amides is 1. The zero-order valence-electron chi connectivity index (χ0n) is 11.9. The molecule has 1 N–H and O–H groups in total. The van der Waals surface area contributed by atoms with Crippen molar-refractivity contribution in [2.24, 2.45) is 0 Å². The van der Waals surface area contributed by atoms with Gasteiger partial charge in [0.05, 0.1) is 18.9 Å². The van der Waals surface area contributed by atoms with Crippen molar-refractivity contribution in [3.05, 3.63) is 47.5 Å². The van der Waals surface area contributed by atoms with Crippen molar-refractivity contribution in [3.63, 3.8) is 0 Å². The largest absolute Gasteiger partial charge is 0.484 e. The summed E-state index contributed by atoms with van der Waals surface area (Å²) in [6.07, 6.45) is 0. The summed E-state index contributed by atoms with van der Waals surface area (Å²) >= 11 is 0. The van der Waals surface area contributed by atoms with Crippen molar-refractivity contribution in [2.75, 3.05) is 26.3 Å². The summed E-state index contributed by atoms with van der Waals surface area (Å²) in [6.45, 7) is 2.32. The van der Waals surface area contributed by atoms with Gasteiger partial charge in [0.25, 0.3) is 5.91 Å². The first-order valence-corrected chi connectivity index (χ1v) is 7.02. The lowest BCUT2D eigenvalue weighted by atomic mass is 10.3. The summed E-state index contributed by atoms with van der Waals surface area (Å²) in [5.41, 5.74) is 0.939. The maximum atomic E-state index is 13.4. The monoisotopic (exact) mass is 305 g/mol. The van der Waals surface area contributed by atoms with E-state index in [9.17, 15) is 9.18 Å². The highest BCUT2D eigenvalue weighted by atomic mass is 19.1. The topological polar surface area (TPSA) is 67.5 Å². The Morgan fingerprint density at radius 2 is 2.14 bits per heavy atom. The number of carbonyl (C=O) groups is 1. The zero-order chi connectivity index (χ0) is 15.4. The molecule has 1 aliphatic heterocycles. The fraction of sp³-hybridized carbons (Fsp3) is 0.333. The highest BCUT2D eigenvalue weighted by Crippen LogP contribution is 2.17. The van der Waals surface area contributed by atoms with Crippen LogP contribution in [0.5, 0.6) is 5.75 Å². The van der Waals surface area contributed by atoms with Crippen LogP contribution in [-0.2, 0) is 11.3 Å². The molecule has 116 valence electrons. The molecule has 3 rings (SSSR count). The predicted molar refractivity (Wildman–Crippen MR) is 76.0 cm³/mol. The van der Waals surface area contributed by atoms with E-state index in [0.29, 0.717) is 37.7 Å². The second kappa shape index (κ2) is 6.57. The molecule has 1 aromatic carbocycles. The van der Waals surface area contributed by atoms with Crippen molar-refractivity contribution >= 4 is 5.91 Å². The van der Waals surface area contributed by atoms with E-state index in [4.69, 9.17) is 9.47 Å². The molecule has 1 fully saturated rings. The van der Waals surface area contributed by atoms with Gasteiger partial charge >= 0.3 is 0 Å². The summed E-state index contributed by atoms with van der Waals surface area (Å²) in [5, 5.41) is 6.73. The van der Waals surface area contributed by atoms with Crippen molar-refractivity contribution in [1.29, 1.82) is 0 Å². The second-order valence-electron chi connectivity index (χ2n) is 4.90. The number of nitrogens with one attached hydrogen (secondary N) is 1. The maximum Gasteiger partial charge on any atom is 0.274 e. The Bertz CT molecular complexity index is 653. The van der Waals surface area contributed by atoms with Gasteiger partial charge in [-0.05, 0) is 18.2 Å². The molecule has 0 unspecified atom stereocenters. The van der Waals surface area contributed by atoms with Crippen LogP contribution in [0.2, 0.25) is 0 Å². The molecule has 1 aromatic heterocycles. The molecular formula is C15H16FN3O3. The van der Waals surface area contributed by atoms with E-state index in [1.54, 1.807) is 29.2 Å². The molecule has 2 heterocycles. The molecule has 2 aromatic rings. The van der Waals surface area contributed by atoms with Crippen molar-refractivity contribution < 1.29 is 18.7 Å². The number of carbonyl (C=O) groups excluding carboxylic acids is 1. The number of hydrogen-bond donors (Lipinski definition) is 1. The molecule has 0 radical (unpaired) electrons. The van der Waals surface area contributed by atoms with Crippen LogP contribution < -0.4 is 4.74 Å². The van der Waals surface area contributed by atoms with Crippen molar-refractivity contribution in [3.8, 4) is 5.75 Å². The second-order valence-corrected chi connectivity index (χ2v) is 4.90. The molecule has 7 heteroatoms. The maximum absolute atomic E-state index is 13.4. The highest BCUT2D eigenvalue weighted by Gasteiger charge is 2.20. The number of nitrogens with zero attached hydrogens (tertiary/aromatic N) is 2. The lowest BCUT2D eigenvalue weighted by Crippen LogP contribution is -2.40. The summed E-state index contributed by atoms with van der Waals surface area (Å²) in [4.78, 5) is 13.9. The highest BCUT2D eigenvalue weighted by molar-refractivity contribution is 5.92. The lowest BCUT2D eigenvalue weighted by Gasteiger charge is -2.25. The minimum atomic E-state index is -0.424. The van der Waals surface area contributed by atoms with Gasteiger partial charge in [0, 0.05) is 13.1 Å². The van der Waals surface area contributed by atoms with Gasteiger partial charge in [0.2, 0.25) is 0 Å². The number of morpholine rings is 1. The van der Waals surface area contributed by atoms with Crippen LogP contribution in [0.3, 0.4) is 0 Å². The van der Waals surface area contributed by atoms with Crippen LogP contribution >= 0.6 is 0 Å². The third kappa shape index (κ3) is 3.25. The van der Waals surface area contributed by atoms with Crippen LogP contribution in [0.15, 0.2) is 30.3 Å². The number of halogens is 1. The fourth-order valence-electron chi connectivity index (χ4n) is 2.19. The number of ether oxygens (including phenoxy) is 2. The molecule has 22 heavy (non-hydrogen) atoms. The lowest BCUT2D eigenvalue weighted by molar-refractivity contribution is 0.0299. The van der Waals surface area contributed by atoms with Crippen LogP contribution in [0.25, 0.3) is 0 Å². The number of aromatic nitrogens is 2. The minimum Gasteiger partial charge on any atom is -0.484 e. The van der Waals surface area contributed by atoms with Crippen LogP contribution in [-0.4, -0.2) is 47.3 Å². The van der Waals surface area contributed by atoms with Gasteiger partial charge in [0.15, 0.2) is 17.3 Å². The van der Waals surface area contributed by atoms with Gasteiger partial charge in [-0.25, -0.2) is 4.39 Å². The molecule has 1 aliphatic rings. The number of H-pyrrole nitrogens is 1. The quantitative estimate of drug-likeness (QED) is 0.931. The Balaban J connectivity index is 1.61. The third-order valence-corrected chi connectivity index (χ3v) is 3.37. The minimum absolute atomic E-state index is 0.115. The summed E-state index contributed by atoms with van der Waals surface area (Å²) in [7, 11) is 0. The first-order chi connectivity index (χ1) is 10.7. The number of hydrogen-bond acceptors (Lipinski definition) is 4. The van der Waals surface area contributed by atoms with Crippen LogP contribution in [0.1, 0.15) is 16.2 Å². The first-order valence-electron chi connectivity index (χ1n) is 7.02. The normalized spacial score (nSPS) is 14.9. The SMILES string of the molecule is O=C(c1cc(COc2ccccc2F)[nH]n1)N1CCOCC1. The average molecular weight is 305 g/mol. The molecule has 1 amide bonds. The zero-order valence-corrected chi connectivity index (χ0v) is 11.9. The fourth-order valence-corrected chi connectivity index (χ4v) is 2.19. The Kier molecular flexibility index (Phi) is 4.34. The number of aromatic amines is 1. The Morgan fingerprint density at radius 1 is 1.36 bits per heavy atom. The molecular weight excluding hydrogens is 289 g/mol. The summed E-state index contributed by atoms with van der Waals surface area (Å²) in [6, 6.07) is 7.79. The third-order valence-electron chi connectivity index (χ3n) is 3.37. The number of para-hydroxylation sites is 1. The van der Waals surface area contributed by atoms with E-state index >= 15 is 0 Å². The predicted octanol–water partition coefficient (Wildman–Crippen LogP) is 1.60. The van der Waals surface area contributed by atoms with Crippen molar-refractivity contribution in [2.45, 2.75) is 6.61 Å². The van der Waals surface area contributed by atoms with Gasteiger partial charge in [0.1, 0.15) is 6.61 Å². The van der Waals surface area contributed by atoms with Crippen LogP contribution in [0, 0.1) is 5.82 Å². The van der Waals surface area contributed by atoms with Gasteiger partial charge in [-0.2, -0.15) is 5.10 Å². The van der Waals surface area contributed by atoms with Gasteiger partial charge in [-0.15, -0.1) is 0 Å². The smallest absolute Gasteiger partial charge is 0.274 e. The summed E-state index contributed by atoms with van der Waals surface area (Å²) in [5.74, 6) is -0.401. The van der Waals surface area contributed by atoms with Gasteiger partial charge in [-0.3, -0.25) is 9.89 Å². The average Bonchev–Trinajstić information content (AvgIpc) is 3.03. The van der Waals surface area contributed by atoms with E-state index in [2.05, 4.69) is 10.2 Å².